The van der Waals surface area contributed by atoms with Crippen LogP contribution < -0.4 is 5.73 Å². The first-order valence-electron chi connectivity index (χ1n) is 4.13. The molecule has 66 valence electrons. The van der Waals surface area contributed by atoms with Crippen LogP contribution in [0.15, 0.2) is 36.7 Å². The number of nitrogens with two attached hydrogens (primary N) is 1. The van der Waals surface area contributed by atoms with Gasteiger partial charge in [-0.1, -0.05) is 0 Å². The van der Waals surface area contributed by atoms with Gasteiger partial charge in [-0.3, -0.25) is 0 Å². The highest BCUT2D eigenvalue weighted by atomic mass is 15.3. The Morgan fingerprint density at radius 3 is 2.85 bits per heavy atom. The quantitative estimate of drug-likeness (QED) is 0.668. The van der Waals surface area contributed by atoms with E-state index in [0.29, 0.717) is 0 Å². The first-order valence-corrected chi connectivity index (χ1v) is 4.13. The monoisotopic (exact) mass is 173 g/mol. The van der Waals surface area contributed by atoms with Gasteiger partial charge in [-0.25, -0.2) is 4.68 Å². The third-order valence-corrected chi connectivity index (χ3v) is 2.02. The maximum Gasteiger partial charge on any atom is 0.0649 e. The molecule has 0 aliphatic heterocycles. The average Bonchev–Trinajstić information content (AvgIpc) is 2.62. The minimum atomic E-state index is 0.816. The van der Waals surface area contributed by atoms with E-state index >= 15 is 0 Å². The molecule has 0 aliphatic carbocycles. The SMILES string of the molecule is Cc1cc(-n2cccn2)ccc1N. The van der Waals surface area contributed by atoms with E-state index in [1.807, 2.05) is 42.1 Å². The second-order valence-electron chi connectivity index (χ2n) is 2.99. The van der Waals surface area contributed by atoms with Crippen molar-refractivity contribution in [2.24, 2.45) is 0 Å². The molecule has 0 fully saturated rings. The number of aryl methyl sites for hydroxylation is 1. The molecule has 2 N–H and O–H groups in total. The largest absolute Gasteiger partial charge is 0.399 e. The van der Waals surface area contributed by atoms with Gasteiger partial charge in [0.15, 0.2) is 0 Å². The molecule has 0 saturated carbocycles. The van der Waals surface area contributed by atoms with Crippen LogP contribution in [-0.2, 0) is 0 Å². The lowest BCUT2D eigenvalue weighted by Gasteiger charge is -2.04. The minimum absolute atomic E-state index is 0.816. The predicted molar refractivity (Wildman–Crippen MR) is 52.7 cm³/mol. The Balaban J connectivity index is 2.49. The molecule has 0 spiro atoms. The number of anilines is 1. The van der Waals surface area contributed by atoms with E-state index < -0.39 is 0 Å². The molecule has 0 amide bonds. The van der Waals surface area contributed by atoms with Crippen molar-refractivity contribution in [3.05, 3.63) is 42.2 Å². The number of nitrogens with zero attached hydrogens (tertiary/aromatic N) is 2. The second-order valence-corrected chi connectivity index (χ2v) is 2.99. The number of benzene rings is 1. The van der Waals surface area contributed by atoms with Crippen molar-refractivity contribution in [3.8, 4) is 5.69 Å². The Hall–Kier alpha value is -1.77. The molecule has 0 atom stereocenters. The summed E-state index contributed by atoms with van der Waals surface area (Å²) in [4.78, 5) is 0. The first kappa shape index (κ1) is 7.86. The molecule has 1 aromatic heterocycles. The van der Waals surface area contributed by atoms with Gasteiger partial charge in [0.2, 0.25) is 0 Å². The van der Waals surface area contributed by atoms with E-state index in [0.717, 1.165) is 16.9 Å². The van der Waals surface area contributed by atoms with Gasteiger partial charge in [-0.2, -0.15) is 5.10 Å². The zero-order valence-electron chi connectivity index (χ0n) is 7.44. The summed E-state index contributed by atoms with van der Waals surface area (Å²) in [5, 5.41) is 4.13. The Bertz CT molecular complexity index is 404. The molecule has 0 unspecified atom stereocenters. The van der Waals surface area contributed by atoms with Crippen LogP contribution in [-0.4, -0.2) is 9.78 Å². The third kappa shape index (κ3) is 1.40. The van der Waals surface area contributed by atoms with Gasteiger partial charge in [0.1, 0.15) is 0 Å². The van der Waals surface area contributed by atoms with Crippen molar-refractivity contribution in [2.75, 3.05) is 5.73 Å². The second kappa shape index (κ2) is 2.94. The van der Waals surface area contributed by atoms with Gasteiger partial charge in [-0.05, 0) is 36.8 Å². The lowest BCUT2D eigenvalue weighted by atomic mass is 10.2. The van der Waals surface area contributed by atoms with E-state index in [4.69, 9.17) is 5.73 Å². The highest BCUT2D eigenvalue weighted by Gasteiger charge is 1.97. The van der Waals surface area contributed by atoms with Crippen LogP contribution in [0, 0.1) is 6.92 Å². The molecular formula is C10H11N3. The van der Waals surface area contributed by atoms with E-state index in [9.17, 15) is 0 Å². The maximum atomic E-state index is 5.71. The van der Waals surface area contributed by atoms with Crippen molar-refractivity contribution in [1.29, 1.82) is 0 Å². The average molecular weight is 173 g/mol. The molecule has 3 heteroatoms. The Morgan fingerprint density at radius 2 is 2.23 bits per heavy atom. The molecule has 2 rings (SSSR count). The molecule has 2 aromatic rings. The van der Waals surface area contributed by atoms with Crippen LogP contribution in [0.3, 0.4) is 0 Å². The van der Waals surface area contributed by atoms with Gasteiger partial charge in [0.25, 0.3) is 0 Å². The van der Waals surface area contributed by atoms with Gasteiger partial charge in [-0.15, -0.1) is 0 Å². The fourth-order valence-corrected chi connectivity index (χ4v) is 1.22. The van der Waals surface area contributed by atoms with Crippen LogP contribution in [0.1, 0.15) is 5.56 Å². The molecule has 0 bridgehead atoms. The van der Waals surface area contributed by atoms with Gasteiger partial charge < -0.3 is 5.73 Å². The highest BCUT2D eigenvalue weighted by Crippen LogP contribution is 2.14. The standard InChI is InChI=1S/C10H11N3/c1-8-7-9(3-4-10(8)11)13-6-2-5-12-13/h2-7H,11H2,1H3. The zero-order chi connectivity index (χ0) is 9.26. The summed E-state index contributed by atoms with van der Waals surface area (Å²) in [6, 6.07) is 7.76. The molecule has 13 heavy (non-hydrogen) atoms. The van der Waals surface area contributed by atoms with Gasteiger partial charge in [0, 0.05) is 18.1 Å². The third-order valence-electron chi connectivity index (χ3n) is 2.02. The normalized spacial score (nSPS) is 10.2. The lowest BCUT2D eigenvalue weighted by molar-refractivity contribution is 0.879. The Kier molecular flexibility index (Phi) is 1.77. The summed E-state index contributed by atoms with van der Waals surface area (Å²) in [5.41, 5.74) is 8.64. The van der Waals surface area contributed by atoms with Crippen molar-refractivity contribution >= 4 is 5.69 Å². The highest BCUT2D eigenvalue weighted by molar-refractivity contribution is 5.51. The molecule has 0 radical (unpaired) electrons. The Labute approximate surface area is 76.8 Å². The van der Waals surface area contributed by atoms with E-state index in [-0.39, 0.29) is 0 Å². The van der Waals surface area contributed by atoms with Crippen molar-refractivity contribution in [1.82, 2.24) is 9.78 Å². The first-order chi connectivity index (χ1) is 6.27. The number of aromatic nitrogens is 2. The van der Waals surface area contributed by atoms with Crippen molar-refractivity contribution in [2.45, 2.75) is 6.92 Å². The summed E-state index contributed by atoms with van der Waals surface area (Å²) in [5.74, 6) is 0. The number of hydrogen-bond acceptors (Lipinski definition) is 2. The smallest absolute Gasteiger partial charge is 0.0649 e. The molecule has 3 nitrogen and oxygen atoms in total. The number of rotatable bonds is 1. The fourth-order valence-electron chi connectivity index (χ4n) is 1.22. The van der Waals surface area contributed by atoms with Crippen LogP contribution in [0.2, 0.25) is 0 Å². The zero-order valence-corrected chi connectivity index (χ0v) is 7.44. The van der Waals surface area contributed by atoms with Crippen LogP contribution >= 0.6 is 0 Å². The predicted octanol–water partition coefficient (Wildman–Crippen LogP) is 1.76. The summed E-state index contributed by atoms with van der Waals surface area (Å²) >= 11 is 0. The topological polar surface area (TPSA) is 43.8 Å². The van der Waals surface area contributed by atoms with Gasteiger partial charge in [0.05, 0.1) is 5.69 Å². The van der Waals surface area contributed by atoms with Crippen molar-refractivity contribution < 1.29 is 0 Å². The van der Waals surface area contributed by atoms with Crippen molar-refractivity contribution in [3.63, 3.8) is 0 Å². The minimum Gasteiger partial charge on any atom is -0.399 e. The lowest BCUT2D eigenvalue weighted by Crippen LogP contribution is -1.96. The maximum absolute atomic E-state index is 5.71. The van der Waals surface area contributed by atoms with E-state index in [1.165, 1.54) is 0 Å². The summed E-state index contributed by atoms with van der Waals surface area (Å²) in [6.07, 6.45) is 3.66. The summed E-state index contributed by atoms with van der Waals surface area (Å²) in [6.45, 7) is 1.99. The van der Waals surface area contributed by atoms with E-state index in [1.54, 1.807) is 6.20 Å². The number of hydrogen-bond donors (Lipinski definition) is 1. The van der Waals surface area contributed by atoms with Crippen LogP contribution in [0.5, 0.6) is 0 Å². The van der Waals surface area contributed by atoms with Crippen LogP contribution in [0.25, 0.3) is 5.69 Å². The summed E-state index contributed by atoms with van der Waals surface area (Å²) in [7, 11) is 0. The number of nitrogen functional groups attached to an aromatic ring is 1. The van der Waals surface area contributed by atoms with E-state index in [2.05, 4.69) is 5.10 Å². The van der Waals surface area contributed by atoms with Gasteiger partial charge >= 0.3 is 0 Å². The molecule has 1 aromatic carbocycles. The summed E-state index contributed by atoms with van der Waals surface area (Å²) < 4.78 is 1.81. The van der Waals surface area contributed by atoms with Crippen LogP contribution in [0.4, 0.5) is 5.69 Å². The fraction of sp³-hybridized carbons (Fsp3) is 0.100. The Morgan fingerprint density at radius 1 is 1.38 bits per heavy atom. The molecule has 0 aliphatic rings. The molecular weight excluding hydrogens is 162 g/mol. The molecule has 0 saturated heterocycles. The molecule has 1 heterocycles.